The number of likely N-dealkylation sites (N-methyl/N-ethyl adjacent to an activating group) is 4. The SMILES string of the molecule is CC[NH+](CC)[C@@H]1CCCC[C@H]1[NH+](CC)CC.CC[NH+](CC)[C@@H]1CCCC[C@H]1[NH+](CC)CC.C[C-](C)C.C[C-](C)C.[Li+].[Li+]. The normalized spacial score (nSPS) is 22.0. The summed E-state index contributed by atoms with van der Waals surface area (Å²) in [7, 11) is 0. The summed E-state index contributed by atoms with van der Waals surface area (Å²) < 4.78 is 0. The fourth-order valence-corrected chi connectivity index (χ4v) is 7.31. The Morgan fingerprint density at radius 2 is 0.476 bits per heavy atom. The van der Waals surface area contributed by atoms with E-state index in [4.69, 9.17) is 0 Å². The Balaban J connectivity index is -0.000000264. The molecule has 0 unspecified atom stereocenters. The Hall–Kier alpha value is 1.03. The maximum absolute atomic E-state index is 2.35. The second-order valence-corrected chi connectivity index (χ2v) is 13.5. The van der Waals surface area contributed by atoms with Crippen molar-refractivity contribution in [2.75, 3.05) is 52.4 Å². The molecule has 4 atom stereocenters. The van der Waals surface area contributed by atoms with E-state index in [1.54, 1.807) is 0 Å². The predicted octanol–water partition coefficient (Wildman–Crippen LogP) is -2.46. The summed E-state index contributed by atoms with van der Waals surface area (Å²) in [6, 6.07) is 3.72. The van der Waals surface area contributed by atoms with Gasteiger partial charge in [0.15, 0.2) is 0 Å². The minimum absolute atomic E-state index is 0. The maximum atomic E-state index is 2.35. The molecule has 0 aromatic heterocycles. The van der Waals surface area contributed by atoms with Crippen molar-refractivity contribution in [1.29, 1.82) is 0 Å². The van der Waals surface area contributed by atoms with Crippen LogP contribution in [0.5, 0.6) is 0 Å². The van der Waals surface area contributed by atoms with E-state index < -0.39 is 0 Å². The molecule has 2 saturated carbocycles. The van der Waals surface area contributed by atoms with E-state index >= 15 is 0 Å². The van der Waals surface area contributed by atoms with Crippen LogP contribution >= 0.6 is 0 Å². The minimum Gasteiger partial charge on any atom is -0.328 e. The zero-order valence-corrected chi connectivity index (χ0v) is 32.6. The zero-order chi connectivity index (χ0) is 31.1. The third-order valence-corrected chi connectivity index (χ3v) is 9.26. The molecule has 0 radical (unpaired) electrons. The van der Waals surface area contributed by atoms with Crippen molar-refractivity contribution in [1.82, 2.24) is 0 Å². The van der Waals surface area contributed by atoms with Gasteiger partial charge in [0.2, 0.25) is 0 Å². The van der Waals surface area contributed by atoms with Crippen molar-refractivity contribution in [2.45, 2.75) is 172 Å². The molecule has 0 aromatic carbocycles. The van der Waals surface area contributed by atoms with Crippen LogP contribution in [-0.2, 0) is 0 Å². The molecule has 2 rings (SSSR count). The molecule has 2 fully saturated rings. The molecule has 42 heavy (non-hydrogen) atoms. The average molecular weight is 585 g/mol. The van der Waals surface area contributed by atoms with E-state index in [1.807, 2.05) is 19.6 Å². The second-order valence-electron chi connectivity index (χ2n) is 13.5. The average Bonchev–Trinajstić information content (AvgIpc) is 2.93. The Morgan fingerprint density at radius 3 is 0.571 bits per heavy atom. The topological polar surface area (TPSA) is 17.8 Å². The van der Waals surface area contributed by atoms with Crippen molar-refractivity contribution in [3.05, 3.63) is 11.8 Å². The first-order valence-corrected chi connectivity index (χ1v) is 17.9. The van der Waals surface area contributed by atoms with Crippen molar-refractivity contribution < 1.29 is 57.3 Å². The van der Waals surface area contributed by atoms with Crippen LogP contribution in [0.4, 0.5) is 0 Å². The standard InChI is InChI=1S/2C14H30N2.2C4H9.2Li/c2*1-5-15(6-2)13-11-9-10-12-14(13)16(7-3)8-4;2*1-4(2)3;;/h2*13-14H,5-12H2,1-4H3;2*1-3H3;;/q;;2*-1;2*+1/p+4/t2*13-,14-;;;;/m11..../s1. The molecule has 4 nitrogen and oxygen atoms in total. The van der Waals surface area contributed by atoms with Crippen molar-refractivity contribution in [2.24, 2.45) is 0 Å². The zero-order valence-electron chi connectivity index (χ0n) is 32.6. The van der Waals surface area contributed by atoms with Gasteiger partial charge in [-0.2, -0.15) is 41.5 Å². The maximum Gasteiger partial charge on any atom is 1.00 e. The van der Waals surface area contributed by atoms with Gasteiger partial charge in [0.05, 0.1) is 52.4 Å². The Morgan fingerprint density at radius 1 is 0.357 bits per heavy atom. The summed E-state index contributed by atoms with van der Waals surface area (Å²) in [4.78, 5) is 7.35. The summed E-state index contributed by atoms with van der Waals surface area (Å²) in [5.74, 6) is 2.83. The number of quaternary nitrogens is 4. The molecule has 0 spiro atoms. The van der Waals surface area contributed by atoms with E-state index in [-0.39, 0.29) is 37.7 Å². The van der Waals surface area contributed by atoms with E-state index in [1.165, 1.54) is 116 Å². The van der Waals surface area contributed by atoms with E-state index in [2.05, 4.69) is 96.9 Å². The van der Waals surface area contributed by atoms with E-state index in [9.17, 15) is 0 Å². The van der Waals surface area contributed by atoms with Crippen LogP contribution in [0.15, 0.2) is 0 Å². The third kappa shape index (κ3) is 21.7. The molecule has 4 N–H and O–H groups in total. The van der Waals surface area contributed by atoms with Crippen LogP contribution in [0, 0.1) is 11.8 Å². The third-order valence-electron chi connectivity index (χ3n) is 9.26. The molecule has 0 saturated heterocycles. The Bertz CT molecular complexity index is 427. The molecule has 0 amide bonds. The van der Waals surface area contributed by atoms with E-state index in [0.717, 1.165) is 24.2 Å². The molecule has 244 valence electrons. The van der Waals surface area contributed by atoms with Gasteiger partial charge < -0.3 is 31.4 Å². The van der Waals surface area contributed by atoms with Gasteiger partial charge in [-0.05, 0) is 81.1 Å². The summed E-state index contributed by atoms with van der Waals surface area (Å²) in [6.07, 6.45) is 11.7. The summed E-state index contributed by atoms with van der Waals surface area (Å²) in [6.45, 7) is 41.7. The monoisotopic (exact) mass is 585 g/mol. The largest absolute Gasteiger partial charge is 1.00 e. The van der Waals surface area contributed by atoms with Crippen LogP contribution in [0.2, 0.25) is 0 Å². The van der Waals surface area contributed by atoms with Crippen LogP contribution in [0.3, 0.4) is 0 Å². The van der Waals surface area contributed by atoms with Gasteiger partial charge in [-0.15, -0.1) is 0 Å². The molecular weight excluding hydrogens is 502 g/mol. The smallest absolute Gasteiger partial charge is 0.328 e. The number of rotatable bonds is 12. The van der Waals surface area contributed by atoms with Gasteiger partial charge in [0, 0.05) is 25.7 Å². The van der Waals surface area contributed by atoms with Gasteiger partial charge in [0.1, 0.15) is 24.2 Å². The Labute approximate surface area is 292 Å². The molecule has 2 aliphatic rings. The minimum atomic E-state index is 0. The first-order valence-electron chi connectivity index (χ1n) is 17.9. The van der Waals surface area contributed by atoms with Crippen LogP contribution in [-0.4, -0.2) is 76.5 Å². The molecule has 0 aliphatic heterocycles. The van der Waals surface area contributed by atoms with E-state index in [0.29, 0.717) is 0 Å². The van der Waals surface area contributed by atoms with Crippen LogP contribution in [0.25, 0.3) is 0 Å². The fraction of sp³-hybridized carbons (Fsp3) is 0.944. The van der Waals surface area contributed by atoms with Crippen LogP contribution in [0.1, 0.15) is 148 Å². The molecular formula is C36H82Li2N4+4. The summed E-state index contributed by atoms with van der Waals surface area (Å²) in [5, 5.41) is 0. The molecule has 0 aromatic rings. The van der Waals surface area contributed by atoms with Crippen LogP contribution < -0.4 is 57.3 Å². The van der Waals surface area contributed by atoms with Gasteiger partial charge in [-0.3, -0.25) is 0 Å². The molecule has 6 heteroatoms. The number of hydrogen-bond acceptors (Lipinski definition) is 0. The van der Waals surface area contributed by atoms with Gasteiger partial charge in [-0.25, -0.2) is 0 Å². The molecule has 0 heterocycles. The molecule has 2 aliphatic carbocycles. The summed E-state index contributed by atoms with van der Waals surface area (Å²) >= 11 is 0. The first kappa shape index (κ1) is 49.9. The van der Waals surface area contributed by atoms with Gasteiger partial charge >= 0.3 is 37.7 Å². The molecule has 0 bridgehead atoms. The quantitative estimate of drug-likeness (QED) is 0.144. The van der Waals surface area contributed by atoms with Crippen molar-refractivity contribution in [3.8, 4) is 0 Å². The number of hydrogen-bond donors (Lipinski definition) is 4. The van der Waals surface area contributed by atoms with Gasteiger partial charge in [-0.1, -0.05) is 0 Å². The second kappa shape index (κ2) is 32.0. The summed E-state index contributed by atoms with van der Waals surface area (Å²) in [5.41, 5.74) is 0. The van der Waals surface area contributed by atoms with Gasteiger partial charge in [0.25, 0.3) is 0 Å². The fourth-order valence-electron chi connectivity index (χ4n) is 7.31. The van der Waals surface area contributed by atoms with Crippen molar-refractivity contribution in [3.63, 3.8) is 0 Å². The Kier molecular flexibility index (Phi) is 38.0. The number of nitrogens with one attached hydrogen (secondary N) is 4. The van der Waals surface area contributed by atoms with Crippen molar-refractivity contribution >= 4 is 0 Å². The predicted molar refractivity (Wildman–Crippen MR) is 181 cm³/mol. The first-order chi connectivity index (χ1) is 19.0.